The first-order valence-electron chi connectivity index (χ1n) is 10.4. The first-order valence-corrected chi connectivity index (χ1v) is 11.8. The Bertz CT molecular complexity index is 1250. The highest BCUT2D eigenvalue weighted by molar-refractivity contribution is 8.00. The highest BCUT2D eigenvalue weighted by atomic mass is 35.5. The molecule has 0 aromatic heterocycles. The summed E-state index contributed by atoms with van der Waals surface area (Å²) < 4.78 is 5.49. The van der Waals surface area contributed by atoms with Crippen LogP contribution in [0.3, 0.4) is 0 Å². The Hall–Kier alpha value is -3.56. The Balaban J connectivity index is 1.62. The molecule has 1 aliphatic heterocycles. The van der Waals surface area contributed by atoms with Crippen LogP contribution in [0.15, 0.2) is 66.7 Å². The van der Waals surface area contributed by atoms with Crippen LogP contribution in [-0.2, 0) is 4.79 Å². The van der Waals surface area contributed by atoms with Gasteiger partial charge in [-0.25, -0.2) is 0 Å². The van der Waals surface area contributed by atoms with E-state index in [2.05, 4.69) is 5.32 Å². The lowest BCUT2D eigenvalue weighted by Crippen LogP contribution is -2.28. The lowest BCUT2D eigenvalue weighted by atomic mass is 10.1. The number of amides is 2. The Kier molecular flexibility index (Phi) is 7.04. The number of nitrogens with one attached hydrogen (secondary N) is 1. The third-order valence-electron chi connectivity index (χ3n) is 5.17. The minimum absolute atomic E-state index is 0.0474. The van der Waals surface area contributed by atoms with Gasteiger partial charge >= 0.3 is 0 Å². The highest BCUT2D eigenvalue weighted by Gasteiger charge is 2.35. The van der Waals surface area contributed by atoms with E-state index < -0.39 is 10.8 Å². The van der Waals surface area contributed by atoms with Crippen LogP contribution in [0.5, 0.6) is 5.75 Å². The van der Waals surface area contributed by atoms with Crippen LogP contribution in [0.1, 0.15) is 28.2 Å². The molecule has 2 amide bonds. The summed E-state index contributed by atoms with van der Waals surface area (Å²) in [4.78, 5) is 37.9. The van der Waals surface area contributed by atoms with E-state index in [1.54, 1.807) is 17.0 Å². The van der Waals surface area contributed by atoms with Crippen molar-refractivity contribution in [2.75, 3.05) is 22.6 Å². The maximum Gasteiger partial charge on any atom is 0.288 e. The molecule has 1 aliphatic rings. The van der Waals surface area contributed by atoms with Crippen molar-refractivity contribution in [2.24, 2.45) is 0 Å². The van der Waals surface area contributed by atoms with Gasteiger partial charge in [0, 0.05) is 28.6 Å². The highest BCUT2D eigenvalue weighted by Crippen LogP contribution is 2.44. The molecule has 0 bridgehead atoms. The van der Waals surface area contributed by atoms with Crippen LogP contribution in [0.2, 0.25) is 5.02 Å². The number of rotatable bonds is 7. The summed E-state index contributed by atoms with van der Waals surface area (Å²) in [6, 6.07) is 18.3. The Morgan fingerprint density at radius 1 is 1.21 bits per heavy atom. The van der Waals surface area contributed by atoms with E-state index in [1.165, 1.54) is 23.9 Å². The van der Waals surface area contributed by atoms with Gasteiger partial charge in [0.2, 0.25) is 5.91 Å². The molecule has 0 saturated carbocycles. The number of benzene rings is 3. The van der Waals surface area contributed by atoms with Gasteiger partial charge in [0.25, 0.3) is 11.6 Å². The van der Waals surface area contributed by atoms with Gasteiger partial charge < -0.3 is 10.1 Å². The third kappa shape index (κ3) is 4.85. The fraction of sp³-hybridized carbons (Fsp3) is 0.167. The number of hydrogen-bond acceptors (Lipinski definition) is 6. The summed E-state index contributed by atoms with van der Waals surface area (Å²) in [6.07, 6.45) is 0. The van der Waals surface area contributed by atoms with Crippen molar-refractivity contribution >= 4 is 52.2 Å². The van der Waals surface area contributed by atoms with Gasteiger partial charge in [0.1, 0.15) is 16.1 Å². The largest absolute Gasteiger partial charge is 0.494 e. The molecule has 10 heteroatoms. The van der Waals surface area contributed by atoms with Gasteiger partial charge in [-0.3, -0.25) is 24.6 Å². The minimum Gasteiger partial charge on any atom is -0.494 e. The Morgan fingerprint density at radius 2 is 1.94 bits per heavy atom. The lowest BCUT2D eigenvalue weighted by molar-refractivity contribution is -0.384. The van der Waals surface area contributed by atoms with E-state index in [0.717, 1.165) is 17.3 Å². The maximum atomic E-state index is 12.9. The smallest absolute Gasteiger partial charge is 0.288 e. The zero-order valence-electron chi connectivity index (χ0n) is 18.1. The Labute approximate surface area is 205 Å². The summed E-state index contributed by atoms with van der Waals surface area (Å²) in [7, 11) is 0. The van der Waals surface area contributed by atoms with Gasteiger partial charge in [0.05, 0.1) is 17.3 Å². The van der Waals surface area contributed by atoms with Crippen molar-refractivity contribution in [3.8, 4) is 5.75 Å². The molecule has 1 heterocycles. The quantitative estimate of drug-likeness (QED) is 0.333. The standard InChI is InChI=1S/C24H20ClN3O5S/c1-2-33-17-10-8-16(9-11-17)27-22(29)14-34-24(27)18-5-3-4-6-20(18)26-23(30)15-7-12-19(25)21(13-15)28(31)32/h3-13,24H,2,14H2,1H3,(H,26,30). The second kappa shape index (κ2) is 10.1. The minimum atomic E-state index is -0.636. The number of thioether (sulfide) groups is 1. The van der Waals surface area contributed by atoms with Crippen LogP contribution >= 0.6 is 23.4 Å². The van der Waals surface area contributed by atoms with E-state index in [0.29, 0.717) is 23.8 Å². The van der Waals surface area contributed by atoms with E-state index in [4.69, 9.17) is 16.3 Å². The number of para-hydroxylation sites is 1. The number of nitro groups is 1. The van der Waals surface area contributed by atoms with Crippen molar-refractivity contribution in [1.29, 1.82) is 0 Å². The second-order valence-electron chi connectivity index (χ2n) is 7.32. The van der Waals surface area contributed by atoms with E-state index in [1.807, 2.05) is 43.3 Å². The van der Waals surface area contributed by atoms with Crippen LogP contribution < -0.4 is 15.0 Å². The molecule has 1 saturated heterocycles. The summed E-state index contributed by atoms with van der Waals surface area (Å²) in [5.41, 5.74) is 1.72. The molecule has 174 valence electrons. The maximum absolute atomic E-state index is 12.9. The third-order valence-corrected chi connectivity index (χ3v) is 6.69. The van der Waals surface area contributed by atoms with Crippen molar-refractivity contribution in [3.63, 3.8) is 0 Å². The van der Waals surface area contributed by atoms with Gasteiger partial charge in [-0.2, -0.15) is 0 Å². The molecule has 4 rings (SSSR count). The van der Waals surface area contributed by atoms with Crippen molar-refractivity contribution in [3.05, 3.63) is 93.0 Å². The number of nitrogens with zero attached hydrogens (tertiary/aromatic N) is 2. The number of hydrogen-bond donors (Lipinski definition) is 1. The molecule has 1 fully saturated rings. The molecular weight excluding hydrogens is 478 g/mol. The summed E-state index contributed by atoms with van der Waals surface area (Å²) >= 11 is 7.31. The van der Waals surface area contributed by atoms with Crippen molar-refractivity contribution < 1.29 is 19.2 Å². The summed E-state index contributed by atoms with van der Waals surface area (Å²) in [6.45, 7) is 2.45. The predicted molar refractivity (Wildman–Crippen MR) is 133 cm³/mol. The van der Waals surface area contributed by atoms with Crippen molar-refractivity contribution in [1.82, 2.24) is 0 Å². The first-order chi connectivity index (χ1) is 16.4. The van der Waals surface area contributed by atoms with E-state index in [9.17, 15) is 19.7 Å². The number of carbonyl (C=O) groups is 2. The van der Waals surface area contributed by atoms with Crippen LogP contribution in [0.25, 0.3) is 0 Å². The molecule has 3 aromatic carbocycles. The van der Waals surface area contributed by atoms with Crippen LogP contribution in [0.4, 0.5) is 17.1 Å². The van der Waals surface area contributed by atoms with Crippen LogP contribution in [-0.4, -0.2) is 29.1 Å². The van der Waals surface area contributed by atoms with E-state index in [-0.39, 0.29) is 27.6 Å². The topological polar surface area (TPSA) is 102 Å². The summed E-state index contributed by atoms with van der Waals surface area (Å²) in [5.74, 6) is 0.443. The predicted octanol–water partition coefficient (Wildman–Crippen LogP) is 5.68. The zero-order valence-corrected chi connectivity index (χ0v) is 19.6. The first kappa shape index (κ1) is 23.6. The lowest BCUT2D eigenvalue weighted by Gasteiger charge is -2.26. The molecule has 0 spiro atoms. The molecule has 1 unspecified atom stereocenters. The number of nitro benzene ring substituents is 1. The van der Waals surface area contributed by atoms with Crippen LogP contribution in [0, 0.1) is 10.1 Å². The zero-order chi connectivity index (χ0) is 24.2. The molecular formula is C24H20ClN3O5S. The second-order valence-corrected chi connectivity index (χ2v) is 8.79. The number of carbonyl (C=O) groups excluding carboxylic acids is 2. The average Bonchev–Trinajstić information content (AvgIpc) is 3.21. The fourth-order valence-corrected chi connectivity index (χ4v) is 5.02. The molecule has 0 aliphatic carbocycles. The fourth-order valence-electron chi connectivity index (χ4n) is 3.62. The van der Waals surface area contributed by atoms with Gasteiger partial charge in [-0.05, 0) is 49.4 Å². The van der Waals surface area contributed by atoms with E-state index >= 15 is 0 Å². The molecule has 1 N–H and O–H groups in total. The number of anilines is 2. The SMILES string of the molecule is CCOc1ccc(N2C(=O)CSC2c2ccccc2NC(=O)c2ccc(Cl)c([N+](=O)[O-])c2)cc1. The average molecular weight is 498 g/mol. The van der Waals surface area contributed by atoms with Gasteiger partial charge in [-0.1, -0.05) is 29.8 Å². The normalized spacial score (nSPS) is 15.3. The molecule has 1 atom stereocenters. The molecule has 8 nitrogen and oxygen atoms in total. The molecule has 3 aromatic rings. The van der Waals surface area contributed by atoms with Crippen molar-refractivity contribution in [2.45, 2.75) is 12.3 Å². The van der Waals surface area contributed by atoms with Gasteiger partial charge in [-0.15, -0.1) is 11.8 Å². The van der Waals surface area contributed by atoms with Gasteiger partial charge in [0.15, 0.2) is 0 Å². The molecule has 34 heavy (non-hydrogen) atoms. The number of ether oxygens (including phenoxy) is 1. The summed E-state index contributed by atoms with van der Waals surface area (Å²) in [5, 5.41) is 13.6. The monoisotopic (exact) mass is 497 g/mol. The number of halogens is 1. The molecule has 0 radical (unpaired) electrons. The Morgan fingerprint density at radius 3 is 2.65 bits per heavy atom.